The highest BCUT2D eigenvalue weighted by atomic mass is 32.1. The van der Waals surface area contributed by atoms with Crippen LogP contribution in [0.1, 0.15) is 10.7 Å². The van der Waals surface area contributed by atoms with E-state index >= 15 is 0 Å². The highest BCUT2D eigenvalue weighted by Crippen LogP contribution is 2.10. The van der Waals surface area contributed by atoms with E-state index in [1.807, 2.05) is 5.38 Å². The van der Waals surface area contributed by atoms with Gasteiger partial charge in [0, 0.05) is 44.5 Å². The molecule has 20 heavy (non-hydrogen) atoms. The first-order chi connectivity index (χ1) is 9.74. The van der Waals surface area contributed by atoms with Gasteiger partial charge in [-0.15, -0.1) is 11.3 Å². The van der Waals surface area contributed by atoms with Crippen molar-refractivity contribution in [3.05, 3.63) is 16.1 Å². The summed E-state index contributed by atoms with van der Waals surface area (Å²) in [7, 11) is 0. The predicted molar refractivity (Wildman–Crippen MR) is 77.3 cm³/mol. The highest BCUT2D eigenvalue weighted by molar-refractivity contribution is 7.09. The number of ether oxygens (including phenoxy) is 1. The summed E-state index contributed by atoms with van der Waals surface area (Å²) in [5.41, 5.74) is 0.658. The lowest BCUT2D eigenvalue weighted by Crippen LogP contribution is -2.40. The van der Waals surface area contributed by atoms with Crippen molar-refractivity contribution in [3.63, 3.8) is 0 Å². The summed E-state index contributed by atoms with van der Waals surface area (Å²) in [4.78, 5) is 17.3. The molecule has 1 saturated heterocycles. The van der Waals surface area contributed by atoms with Crippen LogP contribution >= 0.6 is 11.3 Å². The Hall–Kier alpha value is -1.02. The first-order valence-electron chi connectivity index (χ1n) is 6.90. The predicted octanol–water partition coefficient (Wildman–Crippen LogP) is 0.235. The summed E-state index contributed by atoms with van der Waals surface area (Å²) in [6.07, 6.45) is 0.869. The molecule has 0 radical (unpaired) electrons. The van der Waals surface area contributed by atoms with Crippen LogP contribution in [0.25, 0.3) is 0 Å². The first kappa shape index (κ1) is 15.4. The zero-order valence-corrected chi connectivity index (χ0v) is 12.3. The lowest BCUT2D eigenvalue weighted by atomic mass is 10.3. The van der Waals surface area contributed by atoms with Gasteiger partial charge in [-0.3, -0.25) is 9.69 Å². The molecule has 1 aromatic rings. The molecule has 1 aromatic heterocycles. The van der Waals surface area contributed by atoms with Crippen LogP contribution in [0, 0.1) is 0 Å². The molecule has 1 fully saturated rings. The van der Waals surface area contributed by atoms with Gasteiger partial charge in [0.15, 0.2) is 0 Å². The Bertz CT molecular complexity index is 419. The van der Waals surface area contributed by atoms with E-state index in [2.05, 4.69) is 15.2 Å². The fourth-order valence-corrected chi connectivity index (χ4v) is 2.88. The molecule has 112 valence electrons. The maximum Gasteiger partial charge on any atom is 0.309 e. The number of carbonyl (C=O) groups is 1. The van der Waals surface area contributed by atoms with Crippen LogP contribution in [0.3, 0.4) is 0 Å². The second-order valence-corrected chi connectivity index (χ2v) is 5.70. The normalized spacial score (nSPS) is 16.4. The number of carboxylic acids is 1. The minimum Gasteiger partial charge on any atom is -0.481 e. The lowest BCUT2D eigenvalue weighted by Gasteiger charge is -2.26. The second-order valence-electron chi connectivity index (χ2n) is 4.76. The van der Waals surface area contributed by atoms with Gasteiger partial charge in [0.05, 0.1) is 30.3 Å². The molecular weight excluding hydrogens is 278 g/mol. The maximum atomic E-state index is 10.6. The molecule has 7 heteroatoms. The van der Waals surface area contributed by atoms with Crippen molar-refractivity contribution >= 4 is 17.3 Å². The molecule has 6 nitrogen and oxygen atoms in total. The van der Waals surface area contributed by atoms with Crippen LogP contribution in [-0.2, 0) is 22.4 Å². The Morgan fingerprint density at radius 3 is 3.00 bits per heavy atom. The third kappa shape index (κ3) is 5.54. The summed E-state index contributed by atoms with van der Waals surface area (Å²) in [5.74, 6) is -0.828. The van der Waals surface area contributed by atoms with Crippen molar-refractivity contribution in [2.24, 2.45) is 0 Å². The standard InChI is InChI=1S/C13H21N3O3S/c17-13(18)9-11-10-20-12(15-11)1-2-14-3-4-16-5-7-19-8-6-16/h10,14H,1-9H2,(H,17,18). The van der Waals surface area contributed by atoms with Crippen molar-refractivity contribution in [1.29, 1.82) is 0 Å². The molecule has 0 aliphatic carbocycles. The van der Waals surface area contributed by atoms with E-state index in [9.17, 15) is 4.79 Å². The molecule has 0 saturated carbocycles. The smallest absolute Gasteiger partial charge is 0.309 e. The van der Waals surface area contributed by atoms with Crippen molar-refractivity contribution in [3.8, 4) is 0 Å². The molecule has 0 amide bonds. The number of hydrogen-bond acceptors (Lipinski definition) is 6. The monoisotopic (exact) mass is 299 g/mol. The molecule has 0 aromatic carbocycles. The summed E-state index contributed by atoms with van der Waals surface area (Å²) in [6.45, 7) is 6.61. The Labute approximate surface area is 122 Å². The Morgan fingerprint density at radius 2 is 2.25 bits per heavy atom. The van der Waals surface area contributed by atoms with Crippen molar-refractivity contribution < 1.29 is 14.6 Å². The van der Waals surface area contributed by atoms with E-state index < -0.39 is 5.97 Å². The van der Waals surface area contributed by atoms with E-state index in [0.717, 1.165) is 57.4 Å². The highest BCUT2D eigenvalue weighted by Gasteiger charge is 2.09. The SMILES string of the molecule is O=C(O)Cc1csc(CCNCCN2CCOCC2)n1. The zero-order chi connectivity index (χ0) is 14.2. The quantitative estimate of drug-likeness (QED) is 0.670. The number of nitrogens with zero attached hydrogens (tertiary/aromatic N) is 2. The summed E-state index contributed by atoms with van der Waals surface area (Å²) >= 11 is 1.54. The number of nitrogens with one attached hydrogen (secondary N) is 1. The molecule has 0 unspecified atom stereocenters. The fraction of sp³-hybridized carbons (Fsp3) is 0.692. The topological polar surface area (TPSA) is 74.7 Å². The number of morpholine rings is 1. The second kappa shape index (κ2) is 8.31. The summed E-state index contributed by atoms with van der Waals surface area (Å²) in [5, 5.41) is 14.9. The third-order valence-electron chi connectivity index (χ3n) is 3.16. The van der Waals surface area contributed by atoms with E-state index in [0.29, 0.717) is 5.69 Å². The molecule has 0 spiro atoms. The van der Waals surface area contributed by atoms with Gasteiger partial charge >= 0.3 is 5.97 Å². The lowest BCUT2D eigenvalue weighted by molar-refractivity contribution is -0.136. The van der Waals surface area contributed by atoms with Gasteiger partial charge in [0.2, 0.25) is 0 Å². The zero-order valence-electron chi connectivity index (χ0n) is 11.5. The number of hydrogen-bond donors (Lipinski definition) is 2. The van der Waals surface area contributed by atoms with Gasteiger partial charge < -0.3 is 15.2 Å². The van der Waals surface area contributed by atoms with Gasteiger partial charge in [-0.05, 0) is 0 Å². The van der Waals surface area contributed by atoms with Gasteiger partial charge in [-0.1, -0.05) is 0 Å². The van der Waals surface area contributed by atoms with E-state index in [4.69, 9.17) is 9.84 Å². The minimum absolute atomic E-state index is 0.0148. The average Bonchev–Trinajstić information content (AvgIpc) is 2.86. The number of carboxylic acid groups (broad SMARTS) is 1. The number of aromatic nitrogens is 1. The van der Waals surface area contributed by atoms with Gasteiger partial charge in [0.25, 0.3) is 0 Å². The van der Waals surface area contributed by atoms with Crippen molar-refractivity contribution in [2.45, 2.75) is 12.8 Å². The first-order valence-corrected chi connectivity index (χ1v) is 7.78. The van der Waals surface area contributed by atoms with Crippen LogP contribution in [-0.4, -0.2) is 66.9 Å². The molecule has 2 N–H and O–H groups in total. The molecule has 2 heterocycles. The Balaban J connectivity index is 1.56. The van der Waals surface area contributed by atoms with E-state index in [-0.39, 0.29) is 6.42 Å². The van der Waals surface area contributed by atoms with Crippen LogP contribution in [0.2, 0.25) is 0 Å². The van der Waals surface area contributed by atoms with Crippen molar-refractivity contribution in [1.82, 2.24) is 15.2 Å². The number of thiazole rings is 1. The summed E-state index contributed by atoms with van der Waals surface area (Å²) in [6, 6.07) is 0. The third-order valence-corrected chi connectivity index (χ3v) is 4.11. The molecular formula is C13H21N3O3S. The average molecular weight is 299 g/mol. The van der Waals surface area contributed by atoms with E-state index in [1.165, 1.54) is 11.3 Å². The van der Waals surface area contributed by atoms with E-state index in [1.54, 1.807) is 0 Å². The minimum atomic E-state index is -0.828. The van der Waals surface area contributed by atoms with Gasteiger partial charge in [-0.25, -0.2) is 4.98 Å². The molecule has 0 bridgehead atoms. The van der Waals surface area contributed by atoms with Crippen LogP contribution in [0.15, 0.2) is 5.38 Å². The largest absolute Gasteiger partial charge is 0.481 e. The van der Waals surface area contributed by atoms with Gasteiger partial charge in [-0.2, -0.15) is 0 Å². The van der Waals surface area contributed by atoms with Gasteiger partial charge in [0.1, 0.15) is 0 Å². The van der Waals surface area contributed by atoms with Crippen LogP contribution in [0.4, 0.5) is 0 Å². The summed E-state index contributed by atoms with van der Waals surface area (Å²) < 4.78 is 5.30. The Morgan fingerprint density at radius 1 is 1.45 bits per heavy atom. The Kier molecular flexibility index (Phi) is 6.38. The number of rotatable bonds is 8. The maximum absolute atomic E-state index is 10.6. The molecule has 1 aliphatic heterocycles. The fourth-order valence-electron chi connectivity index (χ4n) is 2.08. The molecule has 1 aliphatic rings. The van der Waals surface area contributed by atoms with Crippen molar-refractivity contribution in [2.75, 3.05) is 45.9 Å². The van der Waals surface area contributed by atoms with Crippen LogP contribution < -0.4 is 5.32 Å². The van der Waals surface area contributed by atoms with Crippen LogP contribution in [0.5, 0.6) is 0 Å². The molecule has 0 atom stereocenters. The molecule has 2 rings (SSSR count). The number of aliphatic carboxylic acids is 1.